The monoisotopic (exact) mass is 394 g/mol. The van der Waals surface area contributed by atoms with E-state index in [1.54, 1.807) is 19.1 Å². The number of rotatable bonds is 3. The normalized spacial score (nSPS) is 11.0. The third-order valence-electron chi connectivity index (χ3n) is 3.17. The van der Waals surface area contributed by atoms with Gasteiger partial charge in [-0.1, -0.05) is 18.2 Å². The molecular weight excluding hydrogens is 383 g/mol. The zero-order valence-electron chi connectivity index (χ0n) is 11.2. The molecule has 6 heteroatoms. The smallest absolute Gasteiger partial charge is 0.267 e. The average Bonchev–Trinajstić information content (AvgIpc) is 2.92. The molecule has 0 aliphatic rings. The van der Waals surface area contributed by atoms with Crippen LogP contribution < -0.4 is 5.56 Å². The van der Waals surface area contributed by atoms with Crippen LogP contribution in [0, 0.1) is 10.5 Å². The first-order valence-corrected chi connectivity index (χ1v) is 7.37. The number of furan rings is 1. The Morgan fingerprint density at radius 2 is 2.14 bits per heavy atom. The fraction of sp³-hybridized carbons (Fsp3) is 0.133. The van der Waals surface area contributed by atoms with Gasteiger partial charge in [0, 0.05) is 5.39 Å². The maximum Gasteiger partial charge on any atom is 0.267 e. The molecule has 0 aliphatic carbocycles. The van der Waals surface area contributed by atoms with E-state index in [1.165, 1.54) is 10.9 Å². The number of para-hydroxylation sites is 1. The number of aryl methyl sites for hydroxylation is 1. The molecular formula is C15H11IN2O3. The van der Waals surface area contributed by atoms with E-state index in [1.807, 2.05) is 40.8 Å². The Hall–Kier alpha value is -1.96. The van der Waals surface area contributed by atoms with Crippen LogP contribution in [0.4, 0.5) is 0 Å². The summed E-state index contributed by atoms with van der Waals surface area (Å²) in [6.45, 7) is 1.68. The van der Waals surface area contributed by atoms with Crippen molar-refractivity contribution in [3.63, 3.8) is 0 Å². The van der Waals surface area contributed by atoms with Gasteiger partial charge in [-0.05, 0) is 41.6 Å². The fourth-order valence-electron chi connectivity index (χ4n) is 2.01. The average molecular weight is 394 g/mol. The maximum absolute atomic E-state index is 12.2. The van der Waals surface area contributed by atoms with Gasteiger partial charge >= 0.3 is 0 Å². The second kappa shape index (κ2) is 5.44. The summed E-state index contributed by atoms with van der Waals surface area (Å²) in [4.78, 5) is 28.4. The van der Waals surface area contributed by atoms with Crippen molar-refractivity contribution in [2.45, 2.75) is 13.5 Å². The first kappa shape index (κ1) is 14.0. The predicted molar refractivity (Wildman–Crippen MR) is 86.5 cm³/mol. The first-order valence-electron chi connectivity index (χ1n) is 6.29. The summed E-state index contributed by atoms with van der Waals surface area (Å²) < 4.78 is 7.33. The molecule has 3 rings (SSSR count). The van der Waals surface area contributed by atoms with Gasteiger partial charge in [0.25, 0.3) is 5.56 Å². The number of nitrogens with zero attached hydrogens (tertiary/aromatic N) is 2. The first-order chi connectivity index (χ1) is 10.1. The van der Waals surface area contributed by atoms with Gasteiger partial charge in [0.1, 0.15) is 5.58 Å². The van der Waals surface area contributed by atoms with E-state index in [4.69, 9.17) is 4.42 Å². The molecule has 0 N–H and O–H groups in total. The quantitative estimate of drug-likeness (QED) is 0.506. The van der Waals surface area contributed by atoms with E-state index in [0.717, 1.165) is 5.39 Å². The molecule has 0 unspecified atom stereocenters. The largest absolute Gasteiger partial charge is 0.453 e. The van der Waals surface area contributed by atoms with Crippen LogP contribution >= 0.6 is 22.6 Å². The minimum absolute atomic E-state index is 0.0814. The van der Waals surface area contributed by atoms with Crippen molar-refractivity contribution < 1.29 is 9.21 Å². The van der Waals surface area contributed by atoms with Crippen molar-refractivity contribution in [1.29, 1.82) is 0 Å². The number of ketones is 1. The minimum Gasteiger partial charge on any atom is -0.453 e. The number of hydrogen-bond donors (Lipinski definition) is 0. The highest BCUT2D eigenvalue weighted by Crippen LogP contribution is 2.19. The number of hydrogen-bond acceptors (Lipinski definition) is 4. The minimum atomic E-state index is -0.255. The molecule has 0 saturated carbocycles. The van der Waals surface area contributed by atoms with Crippen LogP contribution in [0.25, 0.3) is 11.0 Å². The number of carbonyl (C=O) groups excluding carboxylic acids is 1. The Morgan fingerprint density at radius 3 is 2.90 bits per heavy atom. The summed E-state index contributed by atoms with van der Waals surface area (Å²) in [5.41, 5.74) is 1.10. The molecule has 0 radical (unpaired) electrons. The van der Waals surface area contributed by atoms with E-state index in [9.17, 15) is 9.59 Å². The molecule has 0 spiro atoms. The fourth-order valence-corrected chi connectivity index (χ4v) is 2.46. The van der Waals surface area contributed by atoms with Gasteiger partial charge in [0.05, 0.1) is 22.1 Å². The summed E-state index contributed by atoms with van der Waals surface area (Å²) in [6, 6.07) is 9.09. The lowest BCUT2D eigenvalue weighted by Gasteiger charge is -2.04. The number of halogens is 1. The highest BCUT2D eigenvalue weighted by molar-refractivity contribution is 14.1. The molecule has 5 nitrogen and oxygen atoms in total. The lowest BCUT2D eigenvalue weighted by Crippen LogP contribution is -2.27. The van der Waals surface area contributed by atoms with Crippen LogP contribution in [0.15, 0.2) is 45.9 Å². The summed E-state index contributed by atoms with van der Waals surface area (Å²) in [5.74, 6) is -0.00608. The molecule has 2 aromatic heterocycles. The van der Waals surface area contributed by atoms with Gasteiger partial charge < -0.3 is 4.42 Å². The van der Waals surface area contributed by atoms with Crippen molar-refractivity contribution in [2.75, 3.05) is 0 Å². The lowest BCUT2D eigenvalue weighted by molar-refractivity contribution is 0.0945. The van der Waals surface area contributed by atoms with Crippen LogP contribution in [-0.4, -0.2) is 15.3 Å². The number of Topliss-reactive ketones (excluding diaryl/α,β-unsaturated/α-hetero) is 1. The van der Waals surface area contributed by atoms with Crippen LogP contribution in [-0.2, 0) is 6.54 Å². The van der Waals surface area contributed by atoms with E-state index in [2.05, 4.69) is 4.98 Å². The summed E-state index contributed by atoms with van der Waals surface area (Å²) >= 11 is 1.94. The lowest BCUT2D eigenvalue weighted by atomic mass is 10.2. The number of benzene rings is 1. The molecule has 0 bridgehead atoms. The summed E-state index contributed by atoms with van der Waals surface area (Å²) in [5, 5.41) is 0.866. The third kappa shape index (κ3) is 2.63. The Bertz CT molecular complexity index is 862. The highest BCUT2D eigenvalue weighted by Gasteiger charge is 2.15. The summed E-state index contributed by atoms with van der Waals surface area (Å²) in [6.07, 6.45) is 1.39. The second-order valence-electron chi connectivity index (χ2n) is 4.65. The molecule has 0 saturated heterocycles. The summed E-state index contributed by atoms with van der Waals surface area (Å²) in [7, 11) is 0. The molecule has 106 valence electrons. The van der Waals surface area contributed by atoms with Crippen molar-refractivity contribution in [1.82, 2.24) is 9.55 Å². The number of carbonyl (C=O) groups is 1. The maximum atomic E-state index is 12.2. The highest BCUT2D eigenvalue weighted by atomic mass is 127. The van der Waals surface area contributed by atoms with Gasteiger partial charge in [-0.15, -0.1) is 0 Å². The standard InChI is InChI=1S/C15H11IN2O3/c1-9-14(16)15(20)18(8-17-9)7-11(19)13-6-10-4-2-3-5-12(10)21-13/h2-6,8H,7H2,1H3. The Labute approximate surface area is 133 Å². The van der Waals surface area contributed by atoms with Crippen LogP contribution in [0.5, 0.6) is 0 Å². The second-order valence-corrected chi connectivity index (χ2v) is 5.73. The van der Waals surface area contributed by atoms with Gasteiger partial charge in [-0.3, -0.25) is 14.2 Å². The van der Waals surface area contributed by atoms with E-state index < -0.39 is 0 Å². The molecule has 0 fully saturated rings. The SMILES string of the molecule is Cc1ncn(CC(=O)c2cc3ccccc3o2)c(=O)c1I. The topological polar surface area (TPSA) is 65.1 Å². The van der Waals surface area contributed by atoms with Crippen molar-refractivity contribution in [3.05, 3.63) is 62.0 Å². The zero-order valence-corrected chi connectivity index (χ0v) is 13.3. The molecule has 21 heavy (non-hydrogen) atoms. The zero-order chi connectivity index (χ0) is 15.0. The van der Waals surface area contributed by atoms with Gasteiger partial charge in [0.2, 0.25) is 5.78 Å². The molecule has 0 aliphatic heterocycles. The number of fused-ring (bicyclic) bond motifs is 1. The van der Waals surface area contributed by atoms with Crippen molar-refractivity contribution in [3.8, 4) is 0 Å². The Morgan fingerprint density at radius 1 is 1.38 bits per heavy atom. The van der Waals surface area contributed by atoms with E-state index in [-0.39, 0.29) is 23.6 Å². The van der Waals surface area contributed by atoms with Gasteiger partial charge in [-0.25, -0.2) is 4.98 Å². The molecule has 3 aromatic rings. The third-order valence-corrected chi connectivity index (χ3v) is 4.41. The molecule has 2 heterocycles. The van der Waals surface area contributed by atoms with Crippen LogP contribution in [0.3, 0.4) is 0 Å². The van der Waals surface area contributed by atoms with Gasteiger partial charge in [-0.2, -0.15) is 0 Å². The van der Waals surface area contributed by atoms with Crippen molar-refractivity contribution >= 4 is 39.3 Å². The predicted octanol–water partition coefficient (Wildman–Crippen LogP) is 2.79. The van der Waals surface area contributed by atoms with Crippen molar-refractivity contribution in [2.24, 2.45) is 0 Å². The number of aromatic nitrogens is 2. The van der Waals surface area contributed by atoms with E-state index in [0.29, 0.717) is 14.8 Å². The van der Waals surface area contributed by atoms with Gasteiger partial charge in [0.15, 0.2) is 5.76 Å². The molecule has 1 aromatic carbocycles. The Balaban J connectivity index is 1.93. The van der Waals surface area contributed by atoms with Crippen LogP contribution in [0.2, 0.25) is 0 Å². The molecule has 0 amide bonds. The van der Waals surface area contributed by atoms with Crippen LogP contribution in [0.1, 0.15) is 16.2 Å². The Kier molecular flexibility index (Phi) is 3.62. The molecule has 0 atom stereocenters. The van der Waals surface area contributed by atoms with E-state index >= 15 is 0 Å².